The molecule has 1 aliphatic rings. The SMILES string of the molecule is O=C1CCC(c2[nH]nc3ncccc23)C(=O)N1. The van der Waals surface area contributed by atoms with Gasteiger partial charge in [-0.3, -0.25) is 20.0 Å². The molecule has 2 aromatic heterocycles. The average molecular weight is 230 g/mol. The number of hydrogen-bond acceptors (Lipinski definition) is 4. The van der Waals surface area contributed by atoms with Crippen LogP contribution in [0, 0.1) is 0 Å². The first kappa shape index (κ1) is 9.95. The summed E-state index contributed by atoms with van der Waals surface area (Å²) in [7, 11) is 0. The molecule has 2 N–H and O–H groups in total. The molecule has 2 aromatic rings. The number of aromatic amines is 1. The summed E-state index contributed by atoms with van der Waals surface area (Å²) >= 11 is 0. The van der Waals surface area contributed by atoms with Gasteiger partial charge in [0.15, 0.2) is 5.65 Å². The molecular formula is C11H10N4O2. The lowest BCUT2D eigenvalue weighted by Crippen LogP contribution is -2.39. The van der Waals surface area contributed by atoms with E-state index in [0.717, 1.165) is 11.1 Å². The molecule has 1 saturated heterocycles. The van der Waals surface area contributed by atoms with E-state index in [-0.39, 0.29) is 17.7 Å². The van der Waals surface area contributed by atoms with Crippen molar-refractivity contribution in [1.82, 2.24) is 20.5 Å². The summed E-state index contributed by atoms with van der Waals surface area (Å²) in [6.45, 7) is 0. The molecule has 6 heteroatoms. The summed E-state index contributed by atoms with van der Waals surface area (Å²) in [5.41, 5.74) is 1.32. The van der Waals surface area contributed by atoms with E-state index in [1.165, 1.54) is 0 Å². The lowest BCUT2D eigenvalue weighted by Gasteiger charge is -2.19. The van der Waals surface area contributed by atoms with Gasteiger partial charge in [0.2, 0.25) is 11.8 Å². The highest BCUT2D eigenvalue weighted by atomic mass is 16.2. The molecule has 6 nitrogen and oxygen atoms in total. The van der Waals surface area contributed by atoms with Crippen LogP contribution in [0.3, 0.4) is 0 Å². The van der Waals surface area contributed by atoms with Crippen LogP contribution in [0.5, 0.6) is 0 Å². The fourth-order valence-corrected chi connectivity index (χ4v) is 2.10. The molecule has 0 spiro atoms. The van der Waals surface area contributed by atoms with Crippen molar-refractivity contribution in [2.45, 2.75) is 18.8 Å². The molecule has 3 heterocycles. The second-order valence-corrected chi connectivity index (χ2v) is 4.02. The first-order chi connectivity index (χ1) is 8.25. The number of carbonyl (C=O) groups excluding carboxylic acids is 2. The number of amides is 2. The number of nitrogens with one attached hydrogen (secondary N) is 2. The highest BCUT2D eigenvalue weighted by molar-refractivity contribution is 6.02. The van der Waals surface area contributed by atoms with E-state index < -0.39 is 0 Å². The molecule has 1 atom stereocenters. The predicted molar refractivity (Wildman–Crippen MR) is 59.0 cm³/mol. The maximum atomic E-state index is 11.7. The number of hydrogen-bond donors (Lipinski definition) is 2. The Bertz CT molecular complexity index is 604. The Morgan fingerprint density at radius 3 is 3.06 bits per heavy atom. The number of fused-ring (bicyclic) bond motifs is 1. The first-order valence-electron chi connectivity index (χ1n) is 5.38. The number of aromatic nitrogens is 3. The number of H-pyrrole nitrogens is 1. The standard InChI is InChI=1S/C11H10N4O2/c16-8-4-3-7(11(17)13-8)9-6-2-1-5-12-10(6)15-14-9/h1-2,5,7H,3-4H2,(H,12,14,15)(H,13,16,17). The number of rotatable bonds is 1. The topological polar surface area (TPSA) is 87.7 Å². The van der Waals surface area contributed by atoms with Crippen LogP contribution in [0.25, 0.3) is 11.0 Å². The zero-order valence-electron chi connectivity index (χ0n) is 8.93. The smallest absolute Gasteiger partial charge is 0.235 e. The molecule has 0 saturated carbocycles. The quantitative estimate of drug-likeness (QED) is 0.697. The molecule has 86 valence electrons. The van der Waals surface area contributed by atoms with Gasteiger partial charge in [-0.2, -0.15) is 5.10 Å². The highest BCUT2D eigenvalue weighted by Gasteiger charge is 2.30. The van der Waals surface area contributed by atoms with Crippen molar-refractivity contribution in [3.63, 3.8) is 0 Å². The van der Waals surface area contributed by atoms with Gasteiger partial charge in [-0.1, -0.05) is 0 Å². The number of carbonyl (C=O) groups is 2. The van der Waals surface area contributed by atoms with Crippen molar-refractivity contribution in [2.75, 3.05) is 0 Å². The maximum absolute atomic E-state index is 11.7. The molecule has 0 aromatic carbocycles. The van der Waals surface area contributed by atoms with Gasteiger partial charge in [0.25, 0.3) is 0 Å². The second-order valence-electron chi connectivity index (χ2n) is 4.02. The summed E-state index contributed by atoms with van der Waals surface area (Å²) in [6, 6.07) is 3.66. The Morgan fingerprint density at radius 2 is 2.24 bits per heavy atom. The third-order valence-electron chi connectivity index (χ3n) is 2.95. The fraction of sp³-hybridized carbons (Fsp3) is 0.273. The molecule has 1 fully saturated rings. The highest BCUT2D eigenvalue weighted by Crippen LogP contribution is 2.27. The Labute approximate surface area is 96.4 Å². The average Bonchev–Trinajstić information content (AvgIpc) is 2.73. The van der Waals surface area contributed by atoms with E-state index in [2.05, 4.69) is 20.5 Å². The van der Waals surface area contributed by atoms with Crippen LogP contribution in [0.15, 0.2) is 18.3 Å². The molecule has 2 amide bonds. The Kier molecular flexibility index (Phi) is 2.14. The van der Waals surface area contributed by atoms with Crippen molar-refractivity contribution in [3.05, 3.63) is 24.0 Å². The van der Waals surface area contributed by atoms with Crippen molar-refractivity contribution < 1.29 is 9.59 Å². The minimum atomic E-state index is -0.345. The first-order valence-corrected chi connectivity index (χ1v) is 5.38. The maximum Gasteiger partial charge on any atom is 0.235 e. The number of piperidine rings is 1. The fourth-order valence-electron chi connectivity index (χ4n) is 2.10. The van der Waals surface area contributed by atoms with Gasteiger partial charge in [0.1, 0.15) is 0 Å². The van der Waals surface area contributed by atoms with Gasteiger partial charge >= 0.3 is 0 Å². The van der Waals surface area contributed by atoms with Crippen LogP contribution < -0.4 is 5.32 Å². The number of imide groups is 1. The minimum Gasteiger partial charge on any atom is -0.296 e. The van der Waals surface area contributed by atoms with Gasteiger partial charge in [0, 0.05) is 18.0 Å². The van der Waals surface area contributed by atoms with E-state index in [4.69, 9.17) is 0 Å². The van der Waals surface area contributed by atoms with Gasteiger partial charge < -0.3 is 0 Å². The van der Waals surface area contributed by atoms with E-state index in [1.54, 1.807) is 12.3 Å². The van der Waals surface area contributed by atoms with Crippen LogP contribution in [0.2, 0.25) is 0 Å². The Morgan fingerprint density at radius 1 is 1.35 bits per heavy atom. The van der Waals surface area contributed by atoms with E-state index in [1.807, 2.05) is 6.07 Å². The zero-order valence-corrected chi connectivity index (χ0v) is 8.93. The van der Waals surface area contributed by atoms with Gasteiger partial charge in [-0.05, 0) is 18.6 Å². The molecule has 17 heavy (non-hydrogen) atoms. The molecule has 0 bridgehead atoms. The van der Waals surface area contributed by atoms with Crippen molar-refractivity contribution in [3.8, 4) is 0 Å². The molecule has 0 radical (unpaired) electrons. The summed E-state index contributed by atoms with van der Waals surface area (Å²) < 4.78 is 0. The van der Waals surface area contributed by atoms with Crippen LogP contribution in [0.1, 0.15) is 24.5 Å². The molecule has 0 aliphatic carbocycles. The Balaban J connectivity index is 2.04. The van der Waals surface area contributed by atoms with E-state index in [9.17, 15) is 9.59 Å². The predicted octanol–water partition coefficient (Wildman–Crippen LogP) is 0.478. The molecule has 1 unspecified atom stereocenters. The molecule has 3 rings (SSSR count). The summed E-state index contributed by atoms with van der Waals surface area (Å²) in [6.07, 6.45) is 2.52. The lowest BCUT2D eigenvalue weighted by molar-refractivity contribution is -0.134. The number of nitrogens with zero attached hydrogens (tertiary/aromatic N) is 2. The lowest BCUT2D eigenvalue weighted by atomic mass is 9.93. The second kappa shape index (κ2) is 3.65. The van der Waals surface area contributed by atoms with Crippen LogP contribution in [-0.4, -0.2) is 27.0 Å². The van der Waals surface area contributed by atoms with Crippen LogP contribution in [-0.2, 0) is 9.59 Å². The third-order valence-corrected chi connectivity index (χ3v) is 2.95. The van der Waals surface area contributed by atoms with Crippen LogP contribution >= 0.6 is 0 Å². The number of pyridine rings is 1. The molecular weight excluding hydrogens is 220 g/mol. The molecule has 1 aliphatic heterocycles. The van der Waals surface area contributed by atoms with Crippen molar-refractivity contribution in [1.29, 1.82) is 0 Å². The normalized spacial score (nSPS) is 20.6. The summed E-state index contributed by atoms with van der Waals surface area (Å²) in [5, 5.41) is 10.1. The van der Waals surface area contributed by atoms with Gasteiger partial charge in [-0.25, -0.2) is 4.98 Å². The van der Waals surface area contributed by atoms with Crippen LogP contribution in [0.4, 0.5) is 0 Å². The van der Waals surface area contributed by atoms with E-state index >= 15 is 0 Å². The largest absolute Gasteiger partial charge is 0.296 e. The zero-order chi connectivity index (χ0) is 11.8. The van der Waals surface area contributed by atoms with Crippen molar-refractivity contribution >= 4 is 22.8 Å². The summed E-state index contributed by atoms with van der Waals surface area (Å²) in [4.78, 5) is 26.9. The van der Waals surface area contributed by atoms with Gasteiger partial charge in [-0.15, -0.1) is 0 Å². The minimum absolute atomic E-state index is 0.215. The van der Waals surface area contributed by atoms with Crippen molar-refractivity contribution in [2.24, 2.45) is 0 Å². The van der Waals surface area contributed by atoms with Gasteiger partial charge in [0.05, 0.1) is 11.6 Å². The van der Waals surface area contributed by atoms with E-state index in [0.29, 0.717) is 18.5 Å². The monoisotopic (exact) mass is 230 g/mol. The third kappa shape index (κ3) is 1.57. The summed E-state index contributed by atoms with van der Waals surface area (Å²) in [5.74, 6) is -0.828. The Hall–Kier alpha value is -2.24.